The second-order valence-corrected chi connectivity index (χ2v) is 14.9. The number of rotatable bonds is 10. The predicted octanol–water partition coefficient (Wildman–Crippen LogP) is 1.65. The molecular weight excluding hydrogens is 638 g/mol. The fourth-order valence-electron chi connectivity index (χ4n) is 12.3. The van der Waals surface area contributed by atoms with Crippen molar-refractivity contribution < 1.29 is 62.0 Å². The molecular formula is C36H48NO12+. The largest absolute Gasteiger partial charge is 0.497 e. The van der Waals surface area contributed by atoms with Gasteiger partial charge in [-0.1, -0.05) is 0 Å². The highest BCUT2D eigenvalue weighted by Crippen LogP contribution is 2.79. The van der Waals surface area contributed by atoms with E-state index in [-0.39, 0.29) is 37.0 Å². The third-order valence-corrected chi connectivity index (χ3v) is 13.2. The van der Waals surface area contributed by atoms with Crippen molar-refractivity contribution in [1.82, 2.24) is 0 Å². The molecule has 1 aromatic carbocycles. The second-order valence-electron chi connectivity index (χ2n) is 14.9. The molecule has 13 nitrogen and oxygen atoms in total. The van der Waals surface area contributed by atoms with Gasteiger partial charge >= 0.3 is 17.9 Å². The molecule has 5 aliphatic carbocycles. The maximum Gasteiger partial charge on any atom is 0.338 e. The molecule has 5 saturated carbocycles. The van der Waals surface area contributed by atoms with Crippen LogP contribution in [0.3, 0.4) is 0 Å². The summed E-state index contributed by atoms with van der Waals surface area (Å²) < 4.78 is 51.6. The summed E-state index contributed by atoms with van der Waals surface area (Å²) in [5.41, 5.74) is -4.22. The summed E-state index contributed by atoms with van der Waals surface area (Å²) in [6, 6.07) is 6.28. The maximum absolute atomic E-state index is 13.9. The van der Waals surface area contributed by atoms with E-state index in [2.05, 4.69) is 10.8 Å². The molecule has 1 N–H and O–H groups in total. The van der Waals surface area contributed by atoms with Gasteiger partial charge < -0.3 is 43.0 Å². The number of carbonyl (C=O) groups excluding carboxylic acids is 3. The lowest BCUT2D eigenvalue weighted by molar-refractivity contribution is -0.591. The molecule has 1 aromatic rings. The summed E-state index contributed by atoms with van der Waals surface area (Å²) in [7, 11) is 9.98. The fraction of sp³-hybridized carbons (Fsp3) is 0.722. The van der Waals surface area contributed by atoms with Crippen LogP contribution in [-0.2, 0) is 42.7 Å². The Morgan fingerprint density at radius 2 is 1.57 bits per heavy atom. The van der Waals surface area contributed by atoms with Gasteiger partial charge in [0.25, 0.3) is 0 Å². The quantitative estimate of drug-likeness (QED) is 0.217. The number of benzene rings is 1. The number of fused-ring (bicyclic) bond motifs is 2. The van der Waals surface area contributed by atoms with Crippen LogP contribution in [0.25, 0.3) is 0 Å². The normalized spacial score (nSPS) is 45.3. The van der Waals surface area contributed by atoms with Gasteiger partial charge in [-0.25, -0.2) is 9.37 Å². The monoisotopic (exact) mass is 686 g/mol. The number of methoxy groups -OCH3 is 5. The van der Waals surface area contributed by atoms with Crippen molar-refractivity contribution in [3.8, 4) is 5.75 Å². The maximum atomic E-state index is 13.9. The van der Waals surface area contributed by atoms with Crippen molar-refractivity contribution in [2.75, 3.05) is 49.2 Å². The highest BCUT2D eigenvalue weighted by Gasteiger charge is 2.92. The lowest BCUT2D eigenvalue weighted by Crippen LogP contribution is -2.77. The number of nitrogens with zero attached hydrogens (tertiary/aromatic N) is 1. The van der Waals surface area contributed by atoms with Gasteiger partial charge in [0.05, 0.1) is 48.9 Å². The lowest BCUT2D eigenvalue weighted by Gasteiger charge is -2.63. The zero-order valence-electron chi connectivity index (χ0n) is 29.4. The molecule has 0 amide bonds. The van der Waals surface area contributed by atoms with E-state index < -0.39 is 88.2 Å². The van der Waals surface area contributed by atoms with Gasteiger partial charge in [-0.2, -0.15) is 0 Å². The van der Waals surface area contributed by atoms with Crippen LogP contribution in [0, 0.1) is 34.5 Å². The van der Waals surface area contributed by atoms with Crippen molar-refractivity contribution in [3.63, 3.8) is 0 Å². The Morgan fingerprint density at radius 3 is 2.14 bits per heavy atom. The van der Waals surface area contributed by atoms with E-state index in [1.54, 1.807) is 52.7 Å². The average Bonchev–Trinajstić information content (AvgIpc) is 3.45. The van der Waals surface area contributed by atoms with Crippen molar-refractivity contribution >= 4 is 24.1 Å². The van der Waals surface area contributed by atoms with Gasteiger partial charge in [0, 0.05) is 67.0 Å². The second kappa shape index (κ2) is 11.7. The molecule has 49 heavy (non-hydrogen) atoms. The molecule has 14 atom stereocenters. The predicted molar refractivity (Wildman–Crippen MR) is 170 cm³/mol. The Bertz CT molecular complexity index is 1550. The van der Waals surface area contributed by atoms with Crippen LogP contribution in [0.5, 0.6) is 5.75 Å². The molecule has 13 heteroatoms. The van der Waals surface area contributed by atoms with Crippen molar-refractivity contribution in [2.24, 2.45) is 34.5 Å². The first-order valence-corrected chi connectivity index (χ1v) is 16.9. The highest BCUT2D eigenvalue weighted by atomic mass is 16.6. The lowest BCUT2D eigenvalue weighted by atomic mass is 9.43. The fourth-order valence-corrected chi connectivity index (χ4v) is 12.3. The molecule has 0 radical (unpaired) electrons. The molecule has 1 aliphatic heterocycles. The topological polar surface area (TPSA) is 148 Å². The minimum atomic E-state index is -1.62. The third-order valence-electron chi connectivity index (χ3n) is 13.2. The van der Waals surface area contributed by atoms with Crippen LogP contribution in [-0.4, -0.2) is 131 Å². The molecule has 1 spiro atoms. The van der Waals surface area contributed by atoms with E-state index in [4.69, 9.17) is 37.9 Å². The molecule has 1 heterocycles. The van der Waals surface area contributed by atoms with Gasteiger partial charge in [0.15, 0.2) is 12.3 Å². The highest BCUT2D eigenvalue weighted by molar-refractivity contribution is 5.89. The molecule has 0 aromatic heterocycles. The number of esters is 3. The van der Waals surface area contributed by atoms with E-state index >= 15 is 0 Å². The molecule has 0 saturated heterocycles. The van der Waals surface area contributed by atoms with Crippen LogP contribution >= 0.6 is 0 Å². The van der Waals surface area contributed by atoms with Crippen molar-refractivity contribution in [3.05, 3.63) is 29.8 Å². The average molecular weight is 687 g/mol. The minimum absolute atomic E-state index is 0.164. The molecule has 0 unspecified atom stereocenters. The van der Waals surface area contributed by atoms with Crippen LogP contribution < -0.4 is 4.74 Å². The summed E-state index contributed by atoms with van der Waals surface area (Å²) in [6.45, 7) is 2.99. The number of aliphatic hydroxyl groups is 1. The van der Waals surface area contributed by atoms with Gasteiger partial charge in [-0.15, -0.1) is 0 Å². The van der Waals surface area contributed by atoms with Crippen LogP contribution in [0.15, 0.2) is 24.3 Å². The van der Waals surface area contributed by atoms with Gasteiger partial charge in [0.1, 0.15) is 41.6 Å². The summed E-state index contributed by atoms with van der Waals surface area (Å²) in [6.07, 6.45) is -0.744. The zero-order chi connectivity index (χ0) is 35.3. The number of ether oxygens (including phenoxy) is 8. The van der Waals surface area contributed by atoms with Gasteiger partial charge in [0.2, 0.25) is 0 Å². The van der Waals surface area contributed by atoms with E-state index in [0.717, 1.165) is 0 Å². The standard InChI is InChI=1S/C36H48NO12/c1-18(38)47-23-13-24(44-6)36-22-14-34(41)25(45-7)15-35(49-19(2)39,26(22)31(34)48-32(40)20-9-11-21(43-5)12-10-20)27-28(46-8)29(36)33(23,17-42-4)16-37(3)30(27)36/h9-12,16,22-31,41H,13-15,17H2,1-8H3/q+1/t22-,23-,24+,25+,26-,27-,28+,29-,30+,31-,33+,34+,35-,36+/m1/s1. The third kappa shape index (κ3) is 4.28. The first-order chi connectivity index (χ1) is 23.3. The summed E-state index contributed by atoms with van der Waals surface area (Å²) in [4.78, 5) is 39.8. The molecule has 268 valence electrons. The first-order valence-electron chi connectivity index (χ1n) is 16.9. The molecule has 5 fully saturated rings. The smallest absolute Gasteiger partial charge is 0.338 e. The Hall–Kier alpha value is -3.10. The van der Waals surface area contributed by atoms with Crippen LogP contribution in [0.4, 0.5) is 0 Å². The van der Waals surface area contributed by atoms with Crippen molar-refractivity contribution in [2.45, 2.75) is 80.9 Å². The summed E-state index contributed by atoms with van der Waals surface area (Å²) >= 11 is 0. The summed E-state index contributed by atoms with van der Waals surface area (Å²) in [5, 5.41) is 12.8. The van der Waals surface area contributed by atoms with E-state index in [1.807, 2.05) is 7.05 Å². The summed E-state index contributed by atoms with van der Waals surface area (Å²) in [5.74, 6) is -2.86. The molecule has 7 bridgehead atoms. The Labute approximate surface area is 286 Å². The Kier molecular flexibility index (Phi) is 8.22. The van der Waals surface area contributed by atoms with E-state index in [9.17, 15) is 19.5 Å². The minimum Gasteiger partial charge on any atom is -0.497 e. The van der Waals surface area contributed by atoms with Crippen molar-refractivity contribution in [1.29, 1.82) is 0 Å². The molecule has 7 rings (SSSR count). The number of hydrogen-bond donors (Lipinski definition) is 1. The van der Waals surface area contributed by atoms with Crippen LogP contribution in [0.2, 0.25) is 0 Å². The first kappa shape index (κ1) is 34.4. The number of hydrogen-bond acceptors (Lipinski definition) is 12. The van der Waals surface area contributed by atoms with Crippen LogP contribution in [0.1, 0.15) is 43.5 Å². The van der Waals surface area contributed by atoms with Gasteiger partial charge in [-0.05, 0) is 36.6 Å². The molecule has 6 aliphatic rings. The van der Waals surface area contributed by atoms with E-state index in [0.29, 0.717) is 12.2 Å². The Balaban J connectivity index is 1.47. The zero-order valence-corrected chi connectivity index (χ0v) is 29.4. The van der Waals surface area contributed by atoms with Gasteiger partial charge in [-0.3, -0.25) is 9.59 Å². The number of carbonyl (C=O) groups is 3. The SMILES string of the molecule is COC[C@]12C=[N+](C)[C@H]3[C@H]4[C@H](OC)[C@H]1[C@@]3([C@@H](OC)C[C@H]2OC(C)=O)[C@@H]1C[C@]2(O)[C@@H](OC)C[C@@]4(OC(C)=O)[C@H]1[C@H]2OC(=O)c1ccc(OC)cc1. The Morgan fingerprint density at radius 1 is 0.878 bits per heavy atom. The van der Waals surface area contributed by atoms with E-state index in [1.165, 1.54) is 21.0 Å².